The second-order valence-electron chi connectivity index (χ2n) is 9.55. The molecule has 1 amide bonds. The fourth-order valence-corrected chi connectivity index (χ4v) is 5.18. The predicted molar refractivity (Wildman–Crippen MR) is 135 cm³/mol. The molecular weight excluding hydrogens is 426 g/mol. The smallest absolute Gasteiger partial charge is 0.241 e. The van der Waals surface area contributed by atoms with E-state index in [4.69, 9.17) is 4.98 Å². The largest absolute Gasteiger partial charge is 0.280 e. The minimum Gasteiger partial charge on any atom is -0.280 e. The standard InChI is InChI=1S/C28H29N3OS/c1-28(2,3)22-14-15-25-20(17-22)16-21(18-29)27(30-25)33-19-26(32)31(23-10-6-4-7-11-23)24-12-8-5-9-13-24/h4-13,16,22H,14-15,17,19H2,1-3H3. The summed E-state index contributed by atoms with van der Waals surface area (Å²) in [4.78, 5) is 19.9. The van der Waals surface area contributed by atoms with Gasteiger partial charge in [-0.05, 0) is 66.5 Å². The molecule has 33 heavy (non-hydrogen) atoms. The highest BCUT2D eigenvalue weighted by Crippen LogP contribution is 2.38. The molecule has 1 aliphatic rings. The first-order valence-corrected chi connectivity index (χ1v) is 12.3. The highest BCUT2D eigenvalue weighted by molar-refractivity contribution is 8.00. The summed E-state index contributed by atoms with van der Waals surface area (Å²) in [6, 6.07) is 23.6. The van der Waals surface area contributed by atoms with E-state index in [2.05, 4.69) is 26.8 Å². The van der Waals surface area contributed by atoms with Gasteiger partial charge in [-0.3, -0.25) is 9.69 Å². The second-order valence-corrected chi connectivity index (χ2v) is 10.5. The van der Waals surface area contributed by atoms with E-state index in [1.54, 1.807) is 4.90 Å². The fraction of sp³-hybridized carbons (Fsp3) is 0.321. The maximum absolute atomic E-state index is 13.4. The van der Waals surface area contributed by atoms with Crippen LogP contribution in [0.5, 0.6) is 0 Å². The van der Waals surface area contributed by atoms with Crippen molar-refractivity contribution in [1.29, 1.82) is 5.26 Å². The summed E-state index contributed by atoms with van der Waals surface area (Å²) in [5.74, 6) is 0.742. The van der Waals surface area contributed by atoms with Crippen molar-refractivity contribution in [1.82, 2.24) is 4.98 Å². The monoisotopic (exact) mass is 455 g/mol. The first kappa shape index (κ1) is 23.1. The molecule has 0 spiro atoms. The third kappa shape index (κ3) is 5.29. The van der Waals surface area contributed by atoms with E-state index in [9.17, 15) is 10.1 Å². The van der Waals surface area contributed by atoms with Crippen molar-refractivity contribution in [3.05, 3.63) is 83.6 Å². The van der Waals surface area contributed by atoms with Crippen molar-refractivity contribution in [2.45, 2.75) is 45.1 Å². The van der Waals surface area contributed by atoms with Crippen molar-refractivity contribution < 1.29 is 4.79 Å². The zero-order chi connectivity index (χ0) is 23.4. The number of benzene rings is 2. The lowest BCUT2D eigenvalue weighted by molar-refractivity contribution is -0.115. The van der Waals surface area contributed by atoms with Crippen molar-refractivity contribution in [3.63, 3.8) is 0 Å². The fourth-order valence-electron chi connectivity index (χ4n) is 4.36. The third-order valence-corrected chi connectivity index (χ3v) is 7.28. The molecule has 0 saturated heterocycles. The average Bonchev–Trinajstić information content (AvgIpc) is 2.82. The molecule has 4 nitrogen and oxygen atoms in total. The highest BCUT2D eigenvalue weighted by Gasteiger charge is 2.30. The van der Waals surface area contributed by atoms with E-state index in [-0.39, 0.29) is 17.1 Å². The maximum atomic E-state index is 13.4. The number of para-hydroxylation sites is 2. The number of anilines is 2. The van der Waals surface area contributed by atoms with E-state index in [1.807, 2.05) is 66.7 Å². The van der Waals surface area contributed by atoms with Gasteiger partial charge in [-0.1, -0.05) is 68.9 Å². The summed E-state index contributed by atoms with van der Waals surface area (Å²) >= 11 is 1.35. The predicted octanol–water partition coefficient (Wildman–Crippen LogP) is 6.56. The Hall–Kier alpha value is -3.10. The number of rotatable bonds is 5. The molecular formula is C28H29N3OS. The molecule has 1 aromatic heterocycles. The summed E-state index contributed by atoms with van der Waals surface area (Å²) in [6.07, 6.45) is 2.99. The first-order valence-electron chi connectivity index (χ1n) is 11.4. The van der Waals surface area contributed by atoms with Crippen LogP contribution in [0.1, 0.15) is 44.0 Å². The first-order chi connectivity index (χ1) is 15.9. The Morgan fingerprint density at radius 3 is 2.24 bits per heavy atom. The van der Waals surface area contributed by atoms with E-state index in [0.717, 1.165) is 36.3 Å². The normalized spacial score (nSPS) is 15.4. The molecule has 168 valence electrons. The lowest BCUT2D eigenvalue weighted by atomic mass is 9.71. The van der Waals surface area contributed by atoms with Gasteiger partial charge in [0.05, 0.1) is 11.3 Å². The molecule has 0 radical (unpaired) electrons. The van der Waals surface area contributed by atoms with Gasteiger partial charge in [0, 0.05) is 17.1 Å². The number of thioether (sulfide) groups is 1. The molecule has 1 atom stereocenters. The maximum Gasteiger partial charge on any atom is 0.241 e. The summed E-state index contributed by atoms with van der Waals surface area (Å²) in [6.45, 7) is 6.84. The van der Waals surface area contributed by atoms with Crippen molar-refractivity contribution in [2.24, 2.45) is 11.3 Å². The molecule has 1 aliphatic carbocycles. The van der Waals surface area contributed by atoms with Crippen LogP contribution in [0.15, 0.2) is 71.8 Å². The number of carbonyl (C=O) groups is 1. The summed E-state index contributed by atoms with van der Waals surface area (Å²) in [5.41, 5.74) is 4.70. The molecule has 1 unspecified atom stereocenters. The van der Waals surface area contributed by atoms with Crippen LogP contribution in [0.4, 0.5) is 11.4 Å². The topological polar surface area (TPSA) is 57.0 Å². The van der Waals surface area contributed by atoms with Crippen molar-refractivity contribution in [2.75, 3.05) is 10.7 Å². The summed E-state index contributed by atoms with van der Waals surface area (Å²) in [7, 11) is 0. The molecule has 2 aromatic carbocycles. The van der Waals surface area contributed by atoms with Gasteiger partial charge in [-0.2, -0.15) is 5.26 Å². The Bertz CT molecular complexity index is 1120. The number of aromatic nitrogens is 1. The number of aryl methyl sites for hydroxylation is 1. The van der Waals surface area contributed by atoms with Gasteiger partial charge in [-0.15, -0.1) is 0 Å². The molecule has 0 bridgehead atoms. The minimum atomic E-state index is -0.0476. The van der Waals surface area contributed by atoms with Crippen LogP contribution in [-0.4, -0.2) is 16.6 Å². The van der Waals surface area contributed by atoms with Gasteiger partial charge >= 0.3 is 0 Å². The van der Waals surface area contributed by atoms with Crippen LogP contribution < -0.4 is 4.90 Å². The summed E-state index contributed by atoms with van der Waals surface area (Å²) < 4.78 is 0. The number of pyridine rings is 1. The van der Waals surface area contributed by atoms with E-state index >= 15 is 0 Å². The van der Waals surface area contributed by atoms with Gasteiger partial charge in [0.15, 0.2) is 0 Å². The van der Waals surface area contributed by atoms with Gasteiger partial charge in [-0.25, -0.2) is 4.98 Å². The van der Waals surface area contributed by atoms with Crippen LogP contribution in [0.3, 0.4) is 0 Å². The zero-order valence-corrected chi connectivity index (χ0v) is 20.2. The van der Waals surface area contributed by atoms with Crippen LogP contribution >= 0.6 is 11.8 Å². The quantitative estimate of drug-likeness (QED) is 0.409. The Kier molecular flexibility index (Phi) is 6.85. The van der Waals surface area contributed by atoms with Crippen LogP contribution in [0, 0.1) is 22.7 Å². The van der Waals surface area contributed by atoms with Gasteiger partial charge in [0.1, 0.15) is 11.1 Å². The van der Waals surface area contributed by atoms with Gasteiger partial charge in [0.25, 0.3) is 0 Å². The molecule has 4 rings (SSSR count). The Morgan fingerprint density at radius 1 is 1.09 bits per heavy atom. The minimum absolute atomic E-state index is 0.0476. The summed E-state index contributed by atoms with van der Waals surface area (Å²) in [5, 5.41) is 10.4. The van der Waals surface area contributed by atoms with Crippen LogP contribution in [0.25, 0.3) is 0 Å². The van der Waals surface area contributed by atoms with Gasteiger partial charge in [0.2, 0.25) is 5.91 Å². The molecule has 0 fully saturated rings. The zero-order valence-electron chi connectivity index (χ0n) is 19.4. The molecule has 0 N–H and O–H groups in total. The van der Waals surface area contributed by atoms with E-state index in [1.165, 1.54) is 17.3 Å². The number of hydrogen-bond donors (Lipinski definition) is 0. The molecule has 1 heterocycles. The molecule has 0 saturated carbocycles. The number of nitriles is 1. The van der Waals surface area contributed by atoms with Crippen molar-refractivity contribution in [3.8, 4) is 6.07 Å². The Labute approximate surface area is 200 Å². The molecule has 0 aliphatic heterocycles. The molecule has 5 heteroatoms. The number of fused-ring (bicyclic) bond motifs is 1. The van der Waals surface area contributed by atoms with Crippen molar-refractivity contribution >= 4 is 29.0 Å². The average molecular weight is 456 g/mol. The lowest BCUT2D eigenvalue weighted by Crippen LogP contribution is -2.28. The SMILES string of the molecule is CC(C)(C)C1CCc2nc(SCC(=O)N(c3ccccc3)c3ccccc3)c(C#N)cc2C1. The lowest BCUT2D eigenvalue weighted by Gasteiger charge is -2.34. The van der Waals surface area contributed by atoms with E-state index < -0.39 is 0 Å². The van der Waals surface area contributed by atoms with E-state index in [0.29, 0.717) is 16.5 Å². The Balaban J connectivity index is 1.56. The van der Waals surface area contributed by atoms with Crippen LogP contribution in [-0.2, 0) is 17.6 Å². The third-order valence-electron chi connectivity index (χ3n) is 6.31. The number of hydrogen-bond acceptors (Lipinski definition) is 4. The number of nitrogens with zero attached hydrogens (tertiary/aromatic N) is 3. The molecule has 3 aromatic rings. The number of amides is 1. The van der Waals surface area contributed by atoms with Crippen LogP contribution in [0.2, 0.25) is 0 Å². The van der Waals surface area contributed by atoms with Gasteiger partial charge < -0.3 is 0 Å². The highest BCUT2D eigenvalue weighted by atomic mass is 32.2. The second kappa shape index (κ2) is 9.80. The Morgan fingerprint density at radius 2 is 1.70 bits per heavy atom. The number of carbonyl (C=O) groups excluding carboxylic acids is 1.